The molecule has 0 saturated heterocycles. The number of esters is 1. The highest BCUT2D eigenvalue weighted by Gasteiger charge is 2.50. The van der Waals surface area contributed by atoms with Crippen LogP contribution in [-0.2, 0) is 9.53 Å². The van der Waals surface area contributed by atoms with Crippen LogP contribution in [0.3, 0.4) is 0 Å². The van der Waals surface area contributed by atoms with E-state index in [0.29, 0.717) is 23.6 Å². The number of hydrogen-bond donors (Lipinski definition) is 1. The third-order valence-electron chi connectivity index (χ3n) is 3.31. The minimum absolute atomic E-state index is 0.122. The van der Waals surface area contributed by atoms with E-state index < -0.39 is 12.4 Å². The van der Waals surface area contributed by atoms with Gasteiger partial charge >= 0.3 is 5.97 Å². The highest BCUT2D eigenvalue weighted by atomic mass is 19.3. The first-order chi connectivity index (χ1) is 8.54. The fraction of sp³-hybridized carbons (Fsp3) is 0.667. The van der Waals surface area contributed by atoms with Crippen LogP contribution in [0.5, 0.6) is 0 Å². The van der Waals surface area contributed by atoms with Gasteiger partial charge in [-0.3, -0.25) is 9.79 Å². The van der Waals surface area contributed by atoms with Gasteiger partial charge in [0.1, 0.15) is 6.54 Å². The zero-order chi connectivity index (χ0) is 13.3. The molecule has 2 N–H and O–H groups in total. The number of halogens is 2. The first-order valence-corrected chi connectivity index (χ1v) is 6.01. The van der Waals surface area contributed by atoms with Crippen molar-refractivity contribution >= 4 is 11.7 Å². The second-order valence-electron chi connectivity index (χ2n) is 4.54. The molecule has 2 saturated carbocycles. The first kappa shape index (κ1) is 13.0. The number of ether oxygens (including phenoxy) is 1. The maximum atomic E-state index is 12.6. The largest absolute Gasteiger partial charge is 0.465 e. The Morgan fingerprint density at radius 3 is 2.94 bits per heavy atom. The van der Waals surface area contributed by atoms with Crippen molar-refractivity contribution in [2.45, 2.75) is 26.2 Å². The van der Waals surface area contributed by atoms with E-state index in [4.69, 9.17) is 10.5 Å². The predicted octanol–water partition coefficient (Wildman–Crippen LogP) is 1.51. The van der Waals surface area contributed by atoms with Gasteiger partial charge in [-0.2, -0.15) is 0 Å². The van der Waals surface area contributed by atoms with E-state index in [1.807, 2.05) is 0 Å². The monoisotopic (exact) mass is 258 g/mol. The van der Waals surface area contributed by atoms with Gasteiger partial charge in [-0.05, 0) is 31.6 Å². The molecule has 0 aromatic heterocycles. The molecule has 2 rings (SSSR count). The number of fused-ring (bicyclic) bond motifs is 1. The standard InChI is InChI=1S/C12H16F2N2O2/c1-2-18-9(17)5-16-8-4-6-3-7(6)10(8)11(15)12(13)14/h6-7,12H,2-5,15H2,1H3/b11-10-,16-8?. The molecule has 2 unspecified atom stereocenters. The minimum Gasteiger partial charge on any atom is -0.465 e. The summed E-state index contributed by atoms with van der Waals surface area (Å²) in [6, 6.07) is 0. The van der Waals surface area contributed by atoms with Crippen LogP contribution in [0, 0.1) is 11.8 Å². The Balaban J connectivity index is 2.11. The number of allylic oxidation sites excluding steroid dienone is 2. The number of nitrogens with two attached hydrogens (primary N) is 1. The molecule has 0 bridgehead atoms. The summed E-state index contributed by atoms with van der Waals surface area (Å²) in [6.45, 7) is 1.87. The van der Waals surface area contributed by atoms with Crippen LogP contribution >= 0.6 is 0 Å². The average Bonchev–Trinajstić information content (AvgIpc) is 2.98. The van der Waals surface area contributed by atoms with Crippen molar-refractivity contribution in [2.75, 3.05) is 13.2 Å². The first-order valence-electron chi connectivity index (χ1n) is 6.01. The molecule has 0 heterocycles. The number of rotatable bonds is 4. The van der Waals surface area contributed by atoms with E-state index >= 15 is 0 Å². The van der Waals surface area contributed by atoms with Gasteiger partial charge in [-0.1, -0.05) is 0 Å². The maximum absolute atomic E-state index is 12.6. The lowest BCUT2D eigenvalue weighted by Gasteiger charge is -2.09. The van der Waals surface area contributed by atoms with Gasteiger partial charge in [0.25, 0.3) is 6.43 Å². The summed E-state index contributed by atoms with van der Waals surface area (Å²) in [6.07, 6.45) is -1.11. The zero-order valence-corrected chi connectivity index (χ0v) is 10.2. The second kappa shape index (κ2) is 5.04. The van der Waals surface area contributed by atoms with Gasteiger partial charge in [-0.15, -0.1) is 0 Å². The van der Waals surface area contributed by atoms with Gasteiger partial charge in [0, 0.05) is 11.3 Å². The third kappa shape index (κ3) is 2.52. The molecular formula is C12H16F2N2O2. The summed E-state index contributed by atoms with van der Waals surface area (Å²) < 4.78 is 30.0. The lowest BCUT2D eigenvalue weighted by molar-refractivity contribution is -0.141. The molecule has 0 amide bonds. The molecule has 0 aromatic rings. The summed E-state index contributed by atoms with van der Waals surface area (Å²) in [4.78, 5) is 15.3. The molecule has 4 nitrogen and oxygen atoms in total. The zero-order valence-electron chi connectivity index (χ0n) is 10.2. The summed E-state index contributed by atoms with van der Waals surface area (Å²) in [5.41, 5.74) is 6.07. The maximum Gasteiger partial charge on any atom is 0.327 e. The number of hydrogen-bond acceptors (Lipinski definition) is 4. The Morgan fingerprint density at radius 2 is 2.33 bits per heavy atom. The summed E-state index contributed by atoms with van der Waals surface area (Å²) in [5, 5.41) is 0. The van der Waals surface area contributed by atoms with Crippen molar-refractivity contribution in [3.05, 3.63) is 11.3 Å². The van der Waals surface area contributed by atoms with Crippen LogP contribution in [-0.4, -0.2) is 31.3 Å². The average molecular weight is 258 g/mol. The van der Waals surface area contributed by atoms with Crippen molar-refractivity contribution in [3.63, 3.8) is 0 Å². The van der Waals surface area contributed by atoms with Crippen LogP contribution in [0.25, 0.3) is 0 Å². The minimum atomic E-state index is -2.66. The van der Waals surface area contributed by atoms with Gasteiger partial charge < -0.3 is 10.5 Å². The molecule has 100 valence electrons. The Bertz CT molecular complexity index is 418. The van der Waals surface area contributed by atoms with Crippen LogP contribution in [0.2, 0.25) is 0 Å². The molecule has 2 aliphatic carbocycles. The molecule has 0 aliphatic heterocycles. The van der Waals surface area contributed by atoms with Crippen LogP contribution in [0.1, 0.15) is 19.8 Å². The predicted molar refractivity (Wildman–Crippen MR) is 62.4 cm³/mol. The Morgan fingerprint density at radius 1 is 1.61 bits per heavy atom. The van der Waals surface area contributed by atoms with E-state index in [1.165, 1.54) is 0 Å². The van der Waals surface area contributed by atoms with Crippen LogP contribution in [0.4, 0.5) is 8.78 Å². The molecule has 6 heteroatoms. The van der Waals surface area contributed by atoms with Crippen molar-refractivity contribution in [2.24, 2.45) is 22.6 Å². The molecule has 0 spiro atoms. The third-order valence-corrected chi connectivity index (χ3v) is 3.31. The Kier molecular flexibility index (Phi) is 3.63. The topological polar surface area (TPSA) is 64.7 Å². The fourth-order valence-electron chi connectivity index (χ4n) is 2.41. The van der Waals surface area contributed by atoms with Crippen molar-refractivity contribution in [1.82, 2.24) is 0 Å². The fourth-order valence-corrected chi connectivity index (χ4v) is 2.41. The normalized spacial score (nSPS) is 30.6. The quantitative estimate of drug-likeness (QED) is 0.777. The molecule has 0 aromatic carbocycles. The van der Waals surface area contributed by atoms with Crippen LogP contribution in [0.15, 0.2) is 16.3 Å². The van der Waals surface area contributed by atoms with E-state index in [0.717, 1.165) is 6.42 Å². The molecule has 2 aliphatic rings. The highest BCUT2D eigenvalue weighted by molar-refractivity contribution is 6.05. The van der Waals surface area contributed by atoms with E-state index in [2.05, 4.69) is 4.99 Å². The van der Waals surface area contributed by atoms with Gasteiger partial charge in [0.15, 0.2) is 0 Å². The summed E-state index contributed by atoms with van der Waals surface area (Å²) >= 11 is 0. The number of alkyl halides is 2. The van der Waals surface area contributed by atoms with Gasteiger partial charge in [0.05, 0.1) is 12.3 Å². The number of nitrogens with zero attached hydrogens (tertiary/aromatic N) is 1. The molecular weight excluding hydrogens is 242 g/mol. The highest BCUT2D eigenvalue weighted by Crippen LogP contribution is 2.54. The van der Waals surface area contributed by atoms with Crippen molar-refractivity contribution in [1.29, 1.82) is 0 Å². The second-order valence-corrected chi connectivity index (χ2v) is 4.54. The number of carbonyl (C=O) groups excluding carboxylic acids is 1. The molecule has 2 atom stereocenters. The number of carbonyl (C=O) groups is 1. The molecule has 2 fully saturated rings. The molecule has 0 radical (unpaired) electrons. The van der Waals surface area contributed by atoms with Gasteiger partial charge in [-0.25, -0.2) is 8.78 Å². The van der Waals surface area contributed by atoms with E-state index in [-0.39, 0.29) is 24.8 Å². The Hall–Kier alpha value is -1.46. The van der Waals surface area contributed by atoms with Crippen molar-refractivity contribution in [3.8, 4) is 0 Å². The molecule has 18 heavy (non-hydrogen) atoms. The Labute approximate surface area is 104 Å². The summed E-state index contributed by atoms with van der Waals surface area (Å²) in [5.74, 6) is 0.0683. The number of aliphatic imine (C=N–C) groups is 1. The van der Waals surface area contributed by atoms with E-state index in [1.54, 1.807) is 6.92 Å². The smallest absolute Gasteiger partial charge is 0.327 e. The lowest BCUT2D eigenvalue weighted by atomic mass is 10.1. The SMILES string of the molecule is CCOC(=O)CN=C1CC2CC2/C1=C(/N)C(F)F. The summed E-state index contributed by atoms with van der Waals surface area (Å²) in [7, 11) is 0. The van der Waals surface area contributed by atoms with E-state index in [9.17, 15) is 13.6 Å². The lowest BCUT2D eigenvalue weighted by Crippen LogP contribution is -2.17. The van der Waals surface area contributed by atoms with Crippen LogP contribution < -0.4 is 5.73 Å². The van der Waals surface area contributed by atoms with Crippen molar-refractivity contribution < 1.29 is 18.3 Å². The van der Waals surface area contributed by atoms with Gasteiger partial charge in [0.2, 0.25) is 0 Å².